The Morgan fingerprint density at radius 2 is 2.06 bits per heavy atom. The van der Waals surface area contributed by atoms with Crippen molar-refractivity contribution in [2.24, 2.45) is 0 Å². The first-order valence-electron chi connectivity index (χ1n) is 6.02. The van der Waals surface area contributed by atoms with Gasteiger partial charge in [0.05, 0.1) is 20.1 Å². The number of hydrogen-bond acceptors (Lipinski definition) is 4. The van der Waals surface area contributed by atoms with Crippen molar-refractivity contribution in [1.29, 1.82) is 0 Å². The SMILES string of the molecule is COCc1cccc(CNC(C)CC(=O)OC)c1. The number of rotatable bonds is 7. The van der Waals surface area contributed by atoms with E-state index in [1.54, 1.807) is 7.11 Å². The maximum Gasteiger partial charge on any atom is 0.307 e. The van der Waals surface area contributed by atoms with E-state index in [0.717, 1.165) is 12.1 Å². The van der Waals surface area contributed by atoms with Gasteiger partial charge in [-0.25, -0.2) is 0 Å². The van der Waals surface area contributed by atoms with Gasteiger partial charge in [-0.2, -0.15) is 0 Å². The van der Waals surface area contributed by atoms with E-state index in [9.17, 15) is 4.79 Å². The zero-order valence-corrected chi connectivity index (χ0v) is 11.2. The van der Waals surface area contributed by atoms with Gasteiger partial charge in [-0.1, -0.05) is 24.3 Å². The molecule has 0 aromatic heterocycles. The van der Waals surface area contributed by atoms with Gasteiger partial charge in [0.1, 0.15) is 0 Å². The first-order chi connectivity index (χ1) is 8.65. The lowest BCUT2D eigenvalue weighted by molar-refractivity contribution is -0.141. The van der Waals surface area contributed by atoms with Gasteiger partial charge < -0.3 is 14.8 Å². The lowest BCUT2D eigenvalue weighted by atomic mass is 10.1. The molecule has 0 aliphatic rings. The van der Waals surface area contributed by atoms with E-state index in [4.69, 9.17) is 4.74 Å². The van der Waals surface area contributed by atoms with Crippen molar-refractivity contribution in [3.05, 3.63) is 35.4 Å². The minimum Gasteiger partial charge on any atom is -0.469 e. The Balaban J connectivity index is 2.42. The van der Waals surface area contributed by atoms with Crippen LogP contribution >= 0.6 is 0 Å². The standard InChI is InChI=1S/C14H21NO3/c1-11(7-14(16)18-3)15-9-12-5-4-6-13(8-12)10-17-2/h4-6,8,11,15H,7,9-10H2,1-3H3. The van der Waals surface area contributed by atoms with Crippen LogP contribution < -0.4 is 5.32 Å². The summed E-state index contributed by atoms with van der Waals surface area (Å²) in [6.45, 7) is 3.32. The predicted octanol–water partition coefficient (Wildman–Crippen LogP) is 1.87. The van der Waals surface area contributed by atoms with Crippen molar-refractivity contribution in [3.8, 4) is 0 Å². The van der Waals surface area contributed by atoms with Gasteiger partial charge in [-0.3, -0.25) is 4.79 Å². The van der Waals surface area contributed by atoms with E-state index in [1.807, 2.05) is 19.1 Å². The molecule has 0 amide bonds. The number of hydrogen-bond donors (Lipinski definition) is 1. The Hall–Kier alpha value is -1.39. The molecule has 4 nitrogen and oxygen atoms in total. The van der Waals surface area contributed by atoms with Crippen LogP contribution in [-0.2, 0) is 27.4 Å². The van der Waals surface area contributed by atoms with E-state index < -0.39 is 0 Å². The Morgan fingerprint density at radius 3 is 2.72 bits per heavy atom. The quantitative estimate of drug-likeness (QED) is 0.752. The van der Waals surface area contributed by atoms with Crippen molar-refractivity contribution in [1.82, 2.24) is 5.32 Å². The van der Waals surface area contributed by atoms with Crippen LogP contribution in [0.2, 0.25) is 0 Å². The van der Waals surface area contributed by atoms with Crippen LogP contribution in [0.15, 0.2) is 24.3 Å². The Labute approximate surface area is 108 Å². The van der Waals surface area contributed by atoms with Crippen LogP contribution in [0.3, 0.4) is 0 Å². The highest BCUT2D eigenvalue weighted by Gasteiger charge is 2.08. The summed E-state index contributed by atoms with van der Waals surface area (Å²) in [6, 6.07) is 8.29. The molecule has 1 aromatic carbocycles. The second kappa shape index (κ2) is 7.84. The van der Waals surface area contributed by atoms with Gasteiger partial charge in [-0.15, -0.1) is 0 Å². The van der Waals surface area contributed by atoms with E-state index in [1.165, 1.54) is 12.7 Å². The average molecular weight is 251 g/mol. The molecule has 1 atom stereocenters. The summed E-state index contributed by atoms with van der Waals surface area (Å²) < 4.78 is 9.72. The fourth-order valence-corrected chi connectivity index (χ4v) is 1.69. The second-order valence-corrected chi connectivity index (χ2v) is 4.32. The van der Waals surface area contributed by atoms with Gasteiger partial charge in [-0.05, 0) is 18.1 Å². The second-order valence-electron chi connectivity index (χ2n) is 4.32. The molecule has 1 rings (SSSR count). The van der Waals surface area contributed by atoms with Gasteiger partial charge >= 0.3 is 5.97 Å². The highest BCUT2D eigenvalue weighted by molar-refractivity contribution is 5.69. The van der Waals surface area contributed by atoms with Crippen LogP contribution in [0.4, 0.5) is 0 Å². The Kier molecular flexibility index (Phi) is 6.39. The number of carbonyl (C=O) groups is 1. The normalized spacial score (nSPS) is 12.2. The number of ether oxygens (including phenoxy) is 2. The van der Waals surface area contributed by atoms with Crippen molar-refractivity contribution < 1.29 is 14.3 Å². The summed E-state index contributed by atoms with van der Waals surface area (Å²) in [5.41, 5.74) is 2.33. The minimum atomic E-state index is -0.192. The maximum atomic E-state index is 11.1. The number of carbonyl (C=O) groups excluding carboxylic acids is 1. The number of esters is 1. The largest absolute Gasteiger partial charge is 0.469 e. The van der Waals surface area contributed by atoms with Crippen LogP contribution in [0.1, 0.15) is 24.5 Å². The molecule has 0 bridgehead atoms. The molecular weight excluding hydrogens is 230 g/mol. The highest BCUT2D eigenvalue weighted by Crippen LogP contribution is 2.07. The van der Waals surface area contributed by atoms with Gasteiger partial charge in [0.15, 0.2) is 0 Å². The van der Waals surface area contributed by atoms with Gasteiger partial charge in [0.25, 0.3) is 0 Å². The molecule has 0 spiro atoms. The zero-order chi connectivity index (χ0) is 13.4. The molecule has 0 heterocycles. The third-order valence-electron chi connectivity index (χ3n) is 2.66. The summed E-state index contributed by atoms with van der Waals surface area (Å²) >= 11 is 0. The van der Waals surface area contributed by atoms with Crippen molar-refractivity contribution in [3.63, 3.8) is 0 Å². The van der Waals surface area contributed by atoms with Crippen LogP contribution in [0.5, 0.6) is 0 Å². The van der Waals surface area contributed by atoms with E-state index in [-0.39, 0.29) is 12.0 Å². The highest BCUT2D eigenvalue weighted by atomic mass is 16.5. The number of nitrogens with one attached hydrogen (secondary N) is 1. The molecule has 0 saturated heterocycles. The topological polar surface area (TPSA) is 47.6 Å². The Morgan fingerprint density at radius 1 is 1.33 bits per heavy atom. The van der Waals surface area contributed by atoms with Crippen molar-refractivity contribution >= 4 is 5.97 Å². The monoisotopic (exact) mass is 251 g/mol. The summed E-state index contributed by atoms with van der Waals surface area (Å²) in [5.74, 6) is -0.192. The predicted molar refractivity (Wildman–Crippen MR) is 70.1 cm³/mol. The van der Waals surface area contributed by atoms with Crippen LogP contribution in [0.25, 0.3) is 0 Å². The number of benzene rings is 1. The molecule has 100 valence electrons. The summed E-state index contributed by atoms with van der Waals surface area (Å²) in [6.07, 6.45) is 0.383. The van der Waals surface area contributed by atoms with E-state index in [0.29, 0.717) is 13.0 Å². The fraction of sp³-hybridized carbons (Fsp3) is 0.500. The van der Waals surface area contributed by atoms with Gasteiger partial charge in [0, 0.05) is 19.7 Å². The molecule has 0 fully saturated rings. The van der Waals surface area contributed by atoms with Crippen molar-refractivity contribution in [2.75, 3.05) is 14.2 Å². The Bertz CT molecular complexity index is 379. The maximum absolute atomic E-state index is 11.1. The first kappa shape index (κ1) is 14.7. The third kappa shape index (κ3) is 5.29. The van der Waals surface area contributed by atoms with Crippen LogP contribution in [0, 0.1) is 0 Å². The zero-order valence-electron chi connectivity index (χ0n) is 11.2. The molecule has 1 unspecified atom stereocenters. The lowest BCUT2D eigenvalue weighted by Crippen LogP contribution is -2.28. The molecule has 1 aromatic rings. The first-order valence-corrected chi connectivity index (χ1v) is 6.02. The lowest BCUT2D eigenvalue weighted by Gasteiger charge is -2.13. The summed E-state index contributed by atoms with van der Waals surface area (Å²) in [4.78, 5) is 11.1. The van der Waals surface area contributed by atoms with Gasteiger partial charge in [0.2, 0.25) is 0 Å². The molecule has 0 aliphatic carbocycles. The fourth-order valence-electron chi connectivity index (χ4n) is 1.69. The van der Waals surface area contributed by atoms with E-state index >= 15 is 0 Å². The smallest absolute Gasteiger partial charge is 0.307 e. The molecular formula is C14H21NO3. The molecule has 0 saturated carbocycles. The number of methoxy groups -OCH3 is 2. The van der Waals surface area contributed by atoms with Crippen molar-refractivity contribution in [2.45, 2.75) is 32.5 Å². The summed E-state index contributed by atoms with van der Waals surface area (Å²) in [5, 5.41) is 3.29. The summed E-state index contributed by atoms with van der Waals surface area (Å²) in [7, 11) is 3.09. The van der Waals surface area contributed by atoms with Crippen LogP contribution in [-0.4, -0.2) is 26.2 Å². The average Bonchev–Trinajstić information content (AvgIpc) is 2.37. The molecule has 1 N–H and O–H groups in total. The van der Waals surface area contributed by atoms with E-state index in [2.05, 4.69) is 22.2 Å². The minimum absolute atomic E-state index is 0.100. The molecule has 0 aliphatic heterocycles. The third-order valence-corrected chi connectivity index (χ3v) is 2.66. The molecule has 0 radical (unpaired) electrons. The molecule has 4 heteroatoms. The molecule has 18 heavy (non-hydrogen) atoms.